The zero-order valence-electron chi connectivity index (χ0n) is 17.7. The third-order valence-corrected chi connectivity index (χ3v) is 6.15. The van der Waals surface area contributed by atoms with Crippen molar-refractivity contribution in [3.63, 3.8) is 0 Å². The average Bonchev–Trinajstić information content (AvgIpc) is 3.36. The van der Waals surface area contributed by atoms with Gasteiger partial charge in [-0.2, -0.15) is 4.68 Å². The molecule has 0 aliphatic carbocycles. The van der Waals surface area contributed by atoms with Gasteiger partial charge in [-0.05, 0) is 25.0 Å². The predicted octanol–water partition coefficient (Wildman–Crippen LogP) is 3.28. The van der Waals surface area contributed by atoms with Crippen molar-refractivity contribution in [2.75, 3.05) is 0 Å². The molecule has 0 fully saturated rings. The summed E-state index contributed by atoms with van der Waals surface area (Å²) >= 11 is 1.12. The maximum atomic E-state index is 13.5. The molecule has 0 spiro atoms. The molecule has 0 radical (unpaired) electrons. The van der Waals surface area contributed by atoms with Gasteiger partial charge >= 0.3 is 0 Å². The molecule has 8 nitrogen and oxygen atoms in total. The van der Waals surface area contributed by atoms with Crippen LogP contribution in [0.15, 0.2) is 60.7 Å². The molecule has 2 amide bonds. The first kappa shape index (κ1) is 21.4. The van der Waals surface area contributed by atoms with Crippen molar-refractivity contribution in [2.45, 2.75) is 26.9 Å². The van der Waals surface area contributed by atoms with Gasteiger partial charge in [-0.3, -0.25) is 9.59 Å². The van der Waals surface area contributed by atoms with E-state index in [0.29, 0.717) is 34.5 Å². The Morgan fingerprint density at radius 3 is 2.03 bits per heavy atom. The molecule has 0 saturated heterocycles. The summed E-state index contributed by atoms with van der Waals surface area (Å²) in [7, 11) is 0. The Balaban J connectivity index is 1.66. The molecule has 0 atom stereocenters. The number of rotatable bonds is 7. The van der Waals surface area contributed by atoms with Crippen LogP contribution in [0.25, 0.3) is 5.13 Å². The summed E-state index contributed by atoms with van der Waals surface area (Å²) in [6.45, 7) is 4.34. The van der Waals surface area contributed by atoms with Gasteiger partial charge in [0.1, 0.15) is 4.88 Å². The van der Waals surface area contributed by atoms with Crippen LogP contribution in [0, 0.1) is 13.8 Å². The second-order valence-corrected chi connectivity index (χ2v) is 8.32. The number of carbonyl (C=O) groups is 2. The SMILES string of the molecule is Cc1nc(-n2nnc(C(=O)N(Cc3ccccc3)Cc3ccccc3)c2C)sc1C(N)=O. The van der Waals surface area contributed by atoms with Gasteiger partial charge in [0.05, 0.1) is 11.4 Å². The summed E-state index contributed by atoms with van der Waals surface area (Å²) in [5, 5.41) is 8.73. The number of hydrogen-bond acceptors (Lipinski definition) is 6. The second kappa shape index (κ2) is 9.11. The molecule has 32 heavy (non-hydrogen) atoms. The normalized spacial score (nSPS) is 10.8. The van der Waals surface area contributed by atoms with Crippen LogP contribution in [0.4, 0.5) is 0 Å². The molecule has 2 N–H and O–H groups in total. The Hall–Kier alpha value is -3.85. The number of amides is 2. The number of benzene rings is 2. The van der Waals surface area contributed by atoms with Crippen molar-refractivity contribution in [2.24, 2.45) is 5.73 Å². The van der Waals surface area contributed by atoms with Crippen molar-refractivity contribution >= 4 is 23.2 Å². The van der Waals surface area contributed by atoms with Crippen molar-refractivity contribution in [1.82, 2.24) is 24.9 Å². The fourth-order valence-electron chi connectivity index (χ4n) is 3.37. The van der Waals surface area contributed by atoms with Gasteiger partial charge < -0.3 is 10.6 Å². The lowest BCUT2D eigenvalue weighted by Gasteiger charge is -2.22. The van der Waals surface area contributed by atoms with E-state index in [1.54, 1.807) is 18.7 Å². The Kier molecular flexibility index (Phi) is 6.09. The van der Waals surface area contributed by atoms with Crippen molar-refractivity contribution in [3.8, 4) is 5.13 Å². The van der Waals surface area contributed by atoms with Crippen molar-refractivity contribution in [3.05, 3.63) is 93.7 Å². The molecular weight excluding hydrogens is 424 g/mol. The summed E-state index contributed by atoms with van der Waals surface area (Å²) in [5.41, 5.74) is 8.75. The first-order chi connectivity index (χ1) is 15.4. The van der Waals surface area contributed by atoms with Gasteiger partial charge in [0.15, 0.2) is 5.69 Å². The number of nitrogens with zero attached hydrogens (tertiary/aromatic N) is 5. The number of nitrogens with two attached hydrogens (primary N) is 1. The molecule has 0 unspecified atom stereocenters. The number of thiazole rings is 1. The molecule has 2 aromatic heterocycles. The third-order valence-electron chi connectivity index (χ3n) is 5.01. The van der Waals surface area contributed by atoms with Crippen molar-refractivity contribution < 1.29 is 9.59 Å². The Labute approximate surface area is 189 Å². The number of primary amides is 1. The van der Waals surface area contributed by atoms with E-state index < -0.39 is 5.91 Å². The highest BCUT2D eigenvalue weighted by molar-refractivity contribution is 7.16. The fraction of sp³-hybridized carbons (Fsp3) is 0.174. The van der Waals surface area contributed by atoms with Crippen LogP contribution in [-0.2, 0) is 13.1 Å². The third kappa shape index (κ3) is 4.42. The lowest BCUT2D eigenvalue weighted by molar-refractivity contribution is 0.0723. The molecule has 0 bridgehead atoms. The Bertz CT molecular complexity index is 1210. The minimum absolute atomic E-state index is 0.232. The molecule has 9 heteroatoms. The van der Waals surface area contributed by atoms with E-state index in [9.17, 15) is 9.59 Å². The summed E-state index contributed by atoms with van der Waals surface area (Å²) in [4.78, 5) is 31.6. The Morgan fingerprint density at radius 1 is 0.969 bits per heavy atom. The van der Waals surface area contributed by atoms with E-state index in [0.717, 1.165) is 22.5 Å². The standard InChI is InChI=1S/C23H22N6O2S/c1-15-20(21(24)30)32-23(25-15)29-16(2)19(26-27-29)22(31)28(13-17-9-5-3-6-10-17)14-18-11-7-4-8-12-18/h3-12H,13-14H2,1-2H3,(H2,24,30). The maximum Gasteiger partial charge on any atom is 0.276 e. The van der Waals surface area contributed by atoms with Crippen LogP contribution in [0.1, 0.15) is 42.7 Å². The molecule has 2 heterocycles. The van der Waals surface area contributed by atoms with E-state index in [4.69, 9.17) is 5.73 Å². The van der Waals surface area contributed by atoms with Gasteiger partial charge in [-0.25, -0.2) is 4.98 Å². The smallest absolute Gasteiger partial charge is 0.276 e. The highest BCUT2D eigenvalue weighted by Crippen LogP contribution is 2.23. The van der Waals surface area contributed by atoms with E-state index in [-0.39, 0.29) is 11.6 Å². The number of aromatic nitrogens is 4. The zero-order chi connectivity index (χ0) is 22.7. The lowest BCUT2D eigenvalue weighted by atomic mass is 10.1. The van der Waals surface area contributed by atoms with Crippen molar-refractivity contribution in [1.29, 1.82) is 0 Å². The number of carbonyl (C=O) groups excluding carboxylic acids is 2. The average molecular weight is 447 g/mol. The lowest BCUT2D eigenvalue weighted by Crippen LogP contribution is -2.31. The van der Waals surface area contributed by atoms with Gasteiger partial charge in [-0.15, -0.1) is 5.10 Å². The van der Waals surface area contributed by atoms with E-state index in [1.807, 2.05) is 60.7 Å². The van der Waals surface area contributed by atoms with Crippen LogP contribution in [0.5, 0.6) is 0 Å². The van der Waals surface area contributed by atoms with Crippen LogP contribution in [0.2, 0.25) is 0 Å². The fourth-order valence-corrected chi connectivity index (χ4v) is 4.29. The summed E-state index contributed by atoms with van der Waals surface area (Å²) in [5.74, 6) is -0.776. The summed E-state index contributed by atoms with van der Waals surface area (Å²) in [6.07, 6.45) is 0. The highest BCUT2D eigenvalue weighted by atomic mass is 32.1. The van der Waals surface area contributed by atoms with Crippen LogP contribution < -0.4 is 5.73 Å². The molecule has 4 rings (SSSR count). The summed E-state index contributed by atoms with van der Waals surface area (Å²) < 4.78 is 1.47. The first-order valence-electron chi connectivity index (χ1n) is 10.0. The molecule has 4 aromatic rings. The molecule has 2 aromatic carbocycles. The van der Waals surface area contributed by atoms with Gasteiger partial charge in [0.2, 0.25) is 5.13 Å². The minimum Gasteiger partial charge on any atom is -0.365 e. The summed E-state index contributed by atoms with van der Waals surface area (Å²) in [6, 6.07) is 19.6. The number of hydrogen-bond donors (Lipinski definition) is 1. The zero-order valence-corrected chi connectivity index (χ0v) is 18.5. The van der Waals surface area contributed by atoms with Crippen LogP contribution >= 0.6 is 11.3 Å². The topological polar surface area (TPSA) is 107 Å². The Morgan fingerprint density at radius 2 is 1.53 bits per heavy atom. The monoisotopic (exact) mass is 446 g/mol. The van der Waals surface area contributed by atoms with E-state index in [2.05, 4.69) is 15.3 Å². The molecule has 0 saturated carbocycles. The quantitative estimate of drug-likeness (QED) is 0.469. The first-order valence-corrected chi connectivity index (χ1v) is 10.8. The van der Waals surface area contributed by atoms with Crippen LogP contribution in [-0.4, -0.2) is 36.7 Å². The van der Waals surface area contributed by atoms with Gasteiger partial charge in [-0.1, -0.05) is 77.2 Å². The molecular formula is C23H22N6O2S. The molecule has 162 valence electrons. The van der Waals surface area contributed by atoms with Crippen LogP contribution in [0.3, 0.4) is 0 Å². The van der Waals surface area contributed by atoms with Gasteiger partial charge in [0, 0.05) is 13.1 Å². The van der Waals surface area contributed by atoms with Gasteiger partial charge in [0.25, 0.3) is 11.8 Å². The molecule has 0 aliphatic heterocycles. The van der Waals surface area contributed by atoms with E-state index in [1.165, 1.54) is 4.68 Å². The predicted molar refractivity (Wildman–Crippen MR) is 121 cm³/mol. The largest absolute Gasteiger partial charge is 0.365 e. The minimum atomic E-state index is -0.544. The molecule has 0 aliphatic rings. The number of aryl methyl sites for hydroxylation is 1. The maximum absolute atomic E-state index is 13.5. The highest BCUT2D eigenvalue weighted by Gasteiger charge is 2.25. The van der Waals surface area contributed by atoms with E-state index >= 15 is 0 Å². The second-order valence-electron chi connectivity index (χ2n) is 7.34.